The molecule has 0 bridgehead atoms. The van der Waals surface area contributed by atoms with E-state index in [2.05, 4.69) is 24.8 Å². The van der Waals surface area contributed by atoms with E-state index < -0.39 is 16.1 Å². The number of hydrogen-bond donors (Lipinski definition) is 4. The summed E-state index contributed by atoms with van der Waals surface area (Å²) in [5.41, 5.74) is 3.57. The molecule has 0 aliphatic heterocycles. The van der Waals surface area contributed by atoms with Crippen LogP contribution >= 0.6 is 0 Å². The fraction of sp³-hybridized carbons (Fsp3) is 0.571. The van der Waals surface area contributed by atoms with Gasteiger partial charge in [0, 0.05) is 0 Å². The van der Waals surface area contributed by atoms with Crippen LogP contribution in [-0.2, 0) is 0 Å². The van der Waals surface area contributed by atoms with Gasteiger partial charge in [-0.15, -0.1) is 0 Å². The summed E-state index contributed by atoms with van der Waals surface area (Å²) < 4.78 is 0. The average molecular weight is 307 g/mol. The predicted molar refractivity (Wildman–Crippen MR) is 93.5 cm³/mol. The van der Waals surface area contributed by atoms with Crippen LogP contribution in [0, 0.1) is 21.6 Å². The van der Waals surface area contributed by atoms with E-state index >= 15 is 0 Å². The largest absolute Gasteiger partial charge is 0.317 e. The molecule has 4 nitrogen and oxygen atoms in total. The van der Waals surface area contributed by atoms with Crippen molar-refractivity contribution in [1.82, 2.24) is 0 Å². The van der Waals surface area contributed by atoms with Crippen LogP contribution in [0.5, 0.6) is 0 Å². The molecule has 0 aliphatic carbocycles. The summed E-state index contributed by atoms with van der Waals surface area (Å²) in [4.78, 5) is 0. The van der Waals surface area contributed by atoms with Crippen LogP contribution in [-0.4, -0.2) is 39.6 Å². The molecule has 0 aromatic carbocycles. The quantitative estimate of drug-likeness (QED) is 0.254. The van der Waals surface area contributed by atoms with Gasteiger partial charge in [0.2, 0.25) is 0 Å². The Labute approximate surface area is 124 Å². The summed E-state index contributed by atoms with van der Waals surface area (Å²) in [5.74, 6) is 7.74. The van der Waals surface area contributed by atoms with E-state index in [1.54, 1.807) is 11.4 Å². The van der Waals surface area contributed by atoms with Gasteiger partial charge in [-0.05, 0) is 46.9 Å². The van der Waals surface area contributed by atoms with E-state index in [1.807, 2.05) is 0 Å². The van der Waals surface area contributed by atoms with Crippen molar-refractivity contribution >= 4 is 39.6 Å². The summed E-state index contributed by atoms with van der Waals surface area (Å²) >= 11 is 0. The third-order valence-corrected chi connectivity index (χ3v) is 9.43. The van der Waals surface area contributed by atoms with Gasteiger partial charge in [0.1, 0.15) is 16.1 Å². The molecule has 0 rings (SSSR count). The highest BCUT2D eigenvalue weighted by molar-refractivity contribution is 7.05. The zero-order valence-corrected chi connectivity index (χ0v) is 14.6. The Hall–Kier alpha value is -1.33. The maximum Gasteiger partial charge on any atom is 0.130 e. The third-order valence-electron chi connectivity index (χ3n) is 3.64. The predicted octanol–water partition coefficient (Wildman–Crippen LogP) is 3.77. The fourth-order valence-corrected chi connectivity index (χ4v) is 5.49. The van der Waals surface area contributed by atoms with Gasteiger partial charge < -0.3 is 10.8 Å². The molecule has 0 aromatic rings. The number of hydrogen-bond acceptors (Lipinski definition) is 4. The van der Waals surface area contributed by atoms with Gasteiger partial charge >= 0.3 is 0 Å². The van der Waals surface area contributed by atoms with Gasteiger partial charge in [-0.1, -0.05) is 38.8 Å². The van der Waals surface area contributed by atoms with E-state index in [1.165, 1.54) is 11.7 Å². The van der Waals surface area contributed by atoms with Crippen LogP contribution in [0.3, 0.4) is 0 Å². The Balaban J connectivity index is 3.99. The Morgan fingerprint density at radius 2 is 1.10 bits per heavy atom. The van der Waals surface area contributed by atoms with Crippen LogP contribution in [0.4, 0.5) is 0 Å². The average Bonchev–Trinajstić information content (AvgIpc) is 2.43. The molecule has 4 N–H and O–H groups in total. The lowest BCUT2D eigenvalue weighted by molar-refractivity contribution is 0.695. The molecule has 2 unspecified atom stereocenters. The van der Waals surface area contributed by atoms with E-state index in [0.717, 1.165) is 37.8 Å². The second-order valence-corrected chi connectivity index (χ2v) is 14.0. The van der Waals surface area contributed by atoms with E-state index in [0.29, 0.717) is 0 Å². The van der Waals surface area contributed by atoms with Gasteiger partial charge in [0.05, 0.1) is 0 Å². The van der Waals surface area contributed by atoms with E-state index in [9.17, 15) is 0 Å². The lowest BCUT2D eigenvalue weighted by atomic mass is 10.2. The molecule has 0 spiro atoms. The molecular weight excluding hydrogens is 280 g/mol. The lowest BCUT2D eigenvalue weighted by Crippen LogP contribution is -2.30. The minimum atomic E-state index is -1.79. The Morgan fingerprint density at radius 3 is 1.35 bits per heavy atom. The van der Waals surface area contributed by atoms with Crippen LogP contribution in [0.25, 0.3) is 0 Å². The maximum atomic E-state index is 7.46. The van der Waals surface area contributed by atoms with Crippen LogP contribution in [0.1, 0.15) is 25.7 Å². The Bertz CT molecular complexity index is 385. The summed E-state index contributed by atoms with van der Waals surface area (Å²) in [6.07, 6.45) is 4.47. The maximum absolute atomic E-state index is 7.46. The van der Waals surface area contributed by atoms with E-state index in [-0.39, 0.29) is 0 Å². The summed E-state index contributed by atoms with van der Waals surface area (Å²) in [6, 6.07) is 2.03. The first kappa shape index (κ1) is 18.7. The highest BCUT2D eigenvalue weighted by Gasteiger charge is 2.22. The van der Waals surface area contributed by atoms with Crippen molar-refractivity contribution in [2.75, 3.05) is 0 Å². The van der Waals surface area contributed by atoms with Crippen LogP contribution in [0.2, 0.25) is 25.2 Å². The van der Waals surface area contributed by atoms with Crippen LogP contribution in [0.15, 0.2) is 11.4 Å². The van der Waals surface area contributed by atoms with Crippen molar-refractivity contribution < 1.29 is 0 Å². The molecule has 0 fully saturated rings. The molecule has 110 valence electrons. The smallest absolute Gasteiger partial charge is 0.130 e. The van der Waals surface area contributed by atoms with Crippen molar-refractivity contribution in [2.24, 2.45) is 0 Å². The molecule has 20 heavy (non-hydrogen) atoms. The first-order valence-corrected chi connectivity index (χ1v) is 12.7. The Morgan fingerprint density at radius 1 is 0.750 bits per heavy atom. The van der Waals surface area contributed by atoms with Gasteiger partial charge in [0.25, 0.3) is 0 Å². The fourth-order valence-electron chi connectivity index (χ4n) is 2.07. The molecule has 2 atom stereocenters. The second kappa shape index (κ2) is 9.56. The lowest BCUT2D eigenvalue weighted by Gasteiger charge is -2.17. The van der Waals surface area contributed by atoms with Crippen molar-refractivity contribution in [1.29, 1.82) is 21.6 Å². The summed E-state index contributed by atoms with van der Waals surface area (Å²) in [5, 5.41) is 29.0. The molecule has 6 heteroatoms. The second-order valence-electron chi connectivity index (χ2n) is 5.79. The van der Waals surface area contributed by atoms with Crippen molar-refractivity contribution in [2.45, 2.75) is 50.9 Å². The zero-order valence-electron chi connectivity index (χ0n) is 12.6. The van der Waals surface area contributed by atoms with Gasteiger partial charge in [-0.25, -0.2) is 0 Å². The molecule has 0 saturated heterocycles. The first-order chi connectivity index (χ1) is 9.45. The van der Waals surface area contributed by atoms with Gasteiger partial charge in [-0.2, -0.15) is 0 Å². The highest BCUT2D eigenvalue weighted by atomic mass is 28.3. The SMILES string of the molecule is C[Si](C=N)(C=C=N)CCCCCC[Si](C)(C=N)C=C=N. The van der Waals surface area contributed by atoms with Crippen molar-refractivity contribution in [3.8, 4) is 0 Å². The number of rotatable bonds is 11. The molecule has 0 aliphatic rings. The molecule has 0 saturated carbocycles. The number of nitrogens with one attached hydrogen (secondary N) is 4. The minimum absolute atomic E-state index is 1.02. The van der Waals surface area contributed by atoms with Gasteiger partial charge in [0.15, 0.2) is 0 Å². The molecule has 0 radical (unpaired) electrons. The van der Waals surface area contributed by atoms with Crippen LogP contribution < -0.4 is 0 Å². The molecule has 0 aromatic heterocycles. The number of unbranched alkanes of at least 4 members (excludes halogenated alkanes) is 3. The normalized spacial score (nSPS) is 15.9. The van der Waals surface area contributed by atoms with Gasteiger partial charge in [-0.3, -0.25) is 10.8 Å². The summed E-state index contributed by atoms with van der Waals surface area (Å²) in [7, 11) is -3.58. The standard InChI is InChI=1S/C14H26N4Si2/c1-19(13-17,11-7-15)9-5-3-4-6-10-20(2,14-18)12-8-16/h11-18H,3-6,9-10H2,1-2H3. The first-order valence-electron chi connectivity index (χ1n) is 7.02. The monoisotopic (exact) mass is 306 g/mol. The van der Waals surface area contributed by atoms with Crippen molar-refractivity contribution in [3.05, 3.63) is 11.4 Å². The third kappa shape index (κ3) is 7.31. The van der Waals surface area contributed by atoms with Crippen molar-refractivity contribution in [3.63, 3.8) is 0 Å². The summed E-state index contributed by atoms with van der Waals surface area (Å²) in [6.45, 7) is 4.19. The highest BCUT2D eigenvalue weighted by Crippen LogP contribution is 2.17. The zero-order chi connectivity index (χ0) is 15.5. The molecular formula is C14H26N4Si2. The molecule has 0 heterocycles. The minimum Gasteiger partial charge on any atom is -0.317 e. The topological polar surface area (TPSA) is 95.4 Å². The van der Waals surface area contributed by atoms with E-state index in [4.69, 9.17) is 21.6 Å². The Kier molecular flexibility index (Phi) is 8.92. The molecule has 0 amide bonds.